The molecule has 0 aliphatic heterocycles. The second-order valence-corrected chi connectivity index (χ2v) is 13.6. The zero-order valence-corrected chi connectivity index (χ0v) is 24.7. The van der Waals surface area contributed by atoms with Crippen LogP contribution in [0.3, 0.4) is 0 Å². The smallest absolute Gasteiger partial charge is 0.320 e. The predicted molar refractivity (Wildman–Crippen MR) is 144 cm³/mol. The van der Waals surface area contributed by atoms with Crippen molar-refractivity contribution in [1.82, 2.24) is 0 Å². The molecular weight excluding hydrogens is 496 g/mol. The van der Waals surface area contributed by atoms with Crippen molar-refractivity contribution >= 4 is 23.5 Å². The normalized spacial score (nSPS) is 47.3. The van der Waals surface area contributed by atoms with Crippen LogP contribution in [0.4, 0.5) is 0 Å². The van der Waals surface area contributed by atoms with Gasteiger partial charge in [0.2, 0.25) is 0 Å². The highest BCUT2D eigenvalue weighted by Crippen LogP contribution is 2.69. The van der Waals surface area contributed by atoms with Crippen molar-refractivity contribution in [3.63, 3.8) is 0 Å². The maximum absolute atomic E-state index is 14.8. The van der Waals surface area contributed by atoms with Crippen LogP contribution in [0.5, 0.6) is 0 Å². The second kappa shape index (κ2) is 8.86. The van der Waals surface area contributed by atoms with E-state index in [0.717, 1.165) is 24.0 Å². The van der Waals surface area contributed by atoms with Crippen LogP contribution < -0.4 is 0 Å². The predicted octanol–water partition coefficient (Wildman–Crippen LogP) is 4.61. The molecule has 0 aromatic rings. The molecule has 0 amide bonds. The summed E-state index contributed by atoms with van der Waals surface area (Å²) in [5, 5.41) is 11.3. The Labute approximate surface area is 231 Å². The van der Waals surface area contributed by atoms with Gasteiger partial charge in [-0.15, -0.1) is 0 Å². The van der Waals surface area contributed by atoms with Gasteiger partial charge in [0.1, 0.15) is 10.8 Å². The van der Waals surface area contributed by atoms with Crippen LogP contribution >= 0.6 is 0 Å². The molecule has 1 N–H and O–H groups in total. The van der Waals surface area contributed by atoms with Crippen LogP contribution in [0.1, 0.15) is 80.1 Å². The fraction of sp³-hybridized carbons (Fsp3) is 0.750. The van der Waals surface area contributed by atoms with Crippen molar-refractivity contribution < 1.29 is 33.8 Å². The van der Waals surface area contributed by atoms with Gasteiger partial charge in [0.15, 0.2) is 11.6 Å². The highest BCUT2D eigenvalue weighted by Gasteiger charge is 2.73. The van der Waals surface area contributed by atoms with E-state index in [1.807, 2.05) is 34.6 Å². The highest BCUT2D eigenvalue weighted by atomic mass is 16.5. The van der Waals surface area contributed by atoms with E-state index < -0.39 is 45.6 Å². The lowest BCUT2D eigenvalue weighted by atomic mass is 9.46. The number of aliphatic hydroxyl groups excluding tert-OH is 1. The summed E-state index contributed by atoms with van der Waals surface area (Å²) in [7, 11) is 2.68. The number of carbonyl (C=O) groups is 4. The molecule has 0 aromatic heterocycles. The summed E-state index contributed by atoms with van der Waals surface area (Å²) < 4.78 is 10.6. The molecule has 0 heterocycles. The van der Waals surface area contributed by atoms with E-state index in [1.165, 1.54) is 14.2 Å². The topological polar surface area (TPSA) is 107 Å². The Morgan fingerprint density at radius 3 is 1.90 bits per heavy atom. The Morgan fingerprint density at radius 1 is 0.821 bits per heavy atom. The Kier molecular flexibility index (Phi) is 6.42. The lowest BCUT2D eigenvalue weighted by molar-refractivity contribution is -0.173. The monoisotopic (exact) mass is 540 g/mol. The molecule has 0 aromatic carbocycles. The van der Waals surface area contributed by atoms with E-state index in [0.29, 0.717) is 31.3 Å². The van der Waals surface area contributed by atoms with E-state index in [-0.39, 0.29) is 35.2 Å². The van der Waals surface area contributed by atoms with Crippen molar-refractivity contribution in [2.24, 2.45) is 51.2 Å². The fourth-order valence-electron chi connectivity index (χ4n) is 10.4. The van der Waals surface area contributed by atoms with Crippen LogP contribution in [0, 0.1) is 51.2 Å². The highest BCUT2D eigenvalue weighted by molar-refractivity contribution is 6.16. The molecule has 10 atom stereocenters. The van der Waals surface area contributed by atoms with Gasteiger partial charge in [-0.05, 0) is 84.7 Å². The Bertz CT molecular complexity index is 1210. The third kappa shape index (κ3) is 2.98. The summed E-state index contributed by atoms with van der Waals surface area (Å²) in [5.41, 5.74) is -1.87. The molecule has 0 unspecified atom stereocenters. The number of allylic oxidation sites excluding steroid dienone is 3. The van der Waals surface area contributed by atoms with Crippen molar-refractivity contribution in [1.29, 1.82) is 0 Å². The minimum absolute atomic E-state index is 0.162. The minimum atomic E-state index is -1.33. The molecular formula is C32H44O7. The molecule has 2 saturated carbocycles. The van der Waals surface area contributed by atoms with Crippen molar-refractivity contribution in [3.8, 4) is 0 Å². The summed E-state index contributed by atoms with van der Waals surface area (Å²) in [5.74, 6) is -2.64. The van der Waals surface area contributed by atoms with Crippen molar-refractivity contribution in [2.75, 3.05) is 14.2 Å². The first-order valence-electron chi connectivity index (χ1n) is 14.6. The van der Waals surface area contributed by atoms with Crippen molar-refractivity contribution in [2.45, 2.75) is 86.2 Å². The number of hydrogen-bond donors (Lipinski definition) is 1. The maximum Gasteiger partial charge on any atom is 0.320 e. The largest absolute Gasteiger partial charge is 0.468 e. The zero-order chi connectivity index (χ0) is 28.9. The van der Waals surface area contributed by atoms with Gasteiger partial charge in [-0.1, -0.05) is 47.1 Å². The molecule has 5 aliphatic carbocycles. The summed E-state index contributed by atoms with van der Waals surface area (Å²) >= 11 is 0. The average Bonchev–Trinajstić information content (AvgIpc) is 3.36. The first kappa shape index (κ1) is 28.3. The number of Topliss-reactive ketones (excluding diaryl/α,β-unsaturated/α-hetero) is 1. The van der Waals surface area contributed by atoms with Crippen LogP contribution in [-0.4, -0.2) is 48.9 Å². The first-order valence-corrected chi connectivity index (χ1v) is 14.6. The van der Waals surface area contributed by atoms with Gasteiger partial charge in [-0.25, -0.2) is 0 Å². The van der Waals surface area contributed by atoms with Crippen LogP contribution in [0.25, 0.3) is 0 Å². The number of esters is 2. The lowest BCUT2D eigenvalue weighted by Gasteiger charge is -2.55. The van der Waals surface area contributed by atoms with Gasteiger partial charge < -0.3 is 14.6 Å². The number of methoxy groups -OCH3 is 2. The number of carbonyl (C=O) groups excluding carboxylic acids is 4. The average molecular weight is 541 g/mol. The minimum Gasteiger partial charge on any atom is -0.468 e. The maximum atomic E-state index is 14.8. The number of aliphatic hydroxyl groups is 1. The molecule has 0 saturated heterocycles. The Balaban J connectivity index is 1.73. The summed E-state index contributed by atoms with van der Waals surface area (Å²) in [6, 6.07) is 0. The molecule has 0 spiro atoms. The standard InChI is InChI=1S/C32H44O7/c1-16-11-13-29(5)18(3)21(15-23(34)31(16,29)27(36)38-7)20-9-10-22(33)24-19(4)30(6)14-12-17(2)32(30,28(37)39-8)26(35)25(20)24/h15-20,22,33H,9-14H2,1-8H3/t16-,17-,18-,19-,20-,22-,29+,30+,31-,32-/m1/s1. The quantitative estimate of drug-likeness (QED) is 0.412. The molecule has 5 rings (SSSR count). The van der Waals surface area contributed by atoms with Gasteiger partial charge in [0.05, 0.1) is 20.3 Å². The molecule has 5 aliphatic rings. The SMILES string of the molecule is COC(=O)[C@@]12C(=O)C3=C([C@H](O)CC[C@@H]3C3=CC(=O)[C@@]4(C(=O)OC)[C@H](C)CC[C@@]4(C)[C@@H]3C)[C@@H](C)[C@]1(C)CC[C@H]2C. The Morgan fingerprint density at radius 2 is 1.33 bits per heavy atom. The fourth-order valence-corrected chi connectivity index (χ4v) is 10.4. The number of ether oxygens (including phenoxy) is 2. The van der Waals surface area contributed by atoms with E-state index in [4.69, 9.17) is 9.47 Å². The van der Waals surface area contributed by atoms with E-state index >= 15 is 0 Å². The van der Waals surface area contributed by atoms with Gasteiger partial charge >= 0.3 is 11.9 Å². The number of hydrogen-bond acceptors (Lipinski definition) is 7. The van der Waals surface area contributed by atoms with E-state index in [9.17, 15) is 24.3 Å². The lowest BCUT2D eigenvalue weighted by Crippen LogP contribution is -2.61. The molecule has 7 heteroatoms. The number of ketones is 2. The van der Waals surface area contributed by atoms with Crippen molar-refractivity contribution in [3.05, 3.63) is 22.8 Å². The zero-order valence-electron chi connectivity index (χ0n) is 24.7. The molecule has 0 bridgehead atoms. The number of fused-ring (bicyclic) bond motifs is 2. The summed E-state index contributed by atoms with van der Waals surface area (Å²) in [6.45, 7) is 12.0. The third-order valence-corrected chi connectivity index (χ3v) is 12.8. The molecule has 0 radical (unpaired) electrons. The third-order valence-electron chi connectivity index (χ3n) is 12.8. The van der Waals surface area contributed by atoms with E-state index in [1.54, 1.807) is 6.08 Å². The van der Waals surface area contributed by atoms with Gasteiger partial charge in [-0.3, -0.25) is 19.2 Å². The number of rotatable bonds is 3. The molecule has 39 heavy (non-hydrogen) atoms. The first-order chi connectivity index (χ1) is 18.2. The molecule has 7 nitrogen and oxygen atoms in total. The molecule has 2 fully saturated rings. The van der Waals surface area contributed by atoms with Crippen LogP contribution in [0.15, 0.2) is 22.8 Å². The van der Waals surface area contributed by atoms with Gasteiger partial charge in [0, 0.05) is 11.5 Å². The summed E-state index contributed by atoms with van der Waals surface area (Å²) in [6.07, 6.45) is 4.67. The van der Waals surface area contributed by atoms with E-state index in [2.05, 4.69) is 6.92 Å². The Hall–Kier alpha value is -2.28. The summed E-state index contributed by atoms with van der Waals surface area (Å²) in [4.78, 5) is 55.9. The van der Waals surface area contributed by atoms with Gasteiger partial charge in [0.25, 0.3) is 0 Å². The molecule has 214 valence electrons. The van der Waals surface area contributed by atoms with Gasteiger partial charge in [-0.2, -0.15) is 0 Å². The second-order valence-electron chi connectivity index (χ2n) is 13.6. The van der Waals surface area contributed by atoms with Crippen LogP contribution in [-0.2, 0) is 28.7 Å². The van der Waals surface area contributed by atoms with Crippen LogP contribution in [0.2, 0.25) is 0 Å².